The zero-order chi connectivity index (χ0) is 22.1. The maximum absolute atomic E-state index is 12.3. The molecule has 1 amide bonds. The second kappa shape index (κ2) is 10.7. The van der Waals surface area contributed by atoms with E-state index in [0.29, 0.717) is 23.3 Å². The van der Waals surface area contributed by atoms with E-state index in [2.05, 4.69) is 16.9 Å². The van der Waals surface area contributed by atoms with Gasteiger partial charge in [0.05, 0.1) is 13.5 Å². The van der Waals surface area contributed by atoms with Gasteiger partial charge >= 0.3 is 5.97 Å². The lowest BCUT2D eigenvalue weighted by Crippen LogP contribution is -2.31. The van der Waals surface area contributed by atoms with Crippen molar-refractivity contribution in [2.75, 3.05) is 19.4 Å². The highest BCUT2D eigenvalue weighted by atomic mass is 16.5. The highest BCUT2D eigenvalue weighted by molar-refractivity contribution is 5.96. The Morgan fingerprint density at radius 2 is 2.17 bits per heavy atom. The number of rotatable bonds is 9. The molecule has 0 bridgehead atoms. The fraction of sp³-hybridized carbons (Fsp3) is 0.227. The molecule has 158 valence electrons. The third-order valence-corrected chi connectivity index (χ3v) is 4.14. The first-order valence-corrected chi connectivity index (χ1v) is 9.28. The molecule has 2 rings (SSSR count). The van der Waals surface area contributed by atoms with Gasteiger partial charge in [-0.2, -0.15) is 0 Å². The van der Waals surface area contributed by atoms with Gasteiger partial charge in [-0.25, -0.2) is 4.98 Å². The average Bonchev–Trinajstić information content (AvgIpc) is 2.90. The van der Waals surface area contributed by atoms with Gasteiger partial charge in [0.25, 0.3) is 5.91 Å². The number of carboxylic acid groups (broad SMARTS) is 1. The van der Waals surface area contributed by atoms with Crippen molar-refractivity contribution in [3.63, 3.8) is 0 Å². The molecule has 0 aliphatic heterocycles. The Morgan fingerprint density at radius 1 is 1.40 bits per heavy atom. The third-order valence-electron chi connectivity index (χ3n) is 4.14. The number of aliphatic carboxylic acids is 1. The molecule has 4 N–H and O–H groups in total. The van der Waals surface area contributed by atoms with Crippen molar-refractivity contribution in [2.24, 2.45) is 0 Å². The van der Waals surface area contributed by atoms with E-state index in [1.54, 1.807) is 25.1 Å². The standard InChI is InChI=1S/C22H25N3O5/c1-4-15(22(28)24-12-11-20(26)27)13-18(29-3)14(2)30-17-8-6-5-7-16-9-10-19(23)25-21(16)17/h4,6-10,13H,2,5,11-12H2,1,3H3,(H2,23,25)(H,24,28)(H,26,27)/b15-4+,18-13+. The first-order chi connectivity index (χ1) is 14.3. The first-order valence-electron chi connectivity index (χ1n) is 9.28. The number of aromatic nitrogens is 1. The van der Waals surface area contributed by atoms with Gasteiger partial charge in [-0.3, -0.25) is 9.59 Å². The molecule has 8 heteroatoms. The van der Waals surface area contributed by atoms with Crippen molar-refractivity contribution in [1.29, 1.82) is 0 Å². The maximum Gasteiger partial charge on any atom is 0.305 e. The van der Waals surface area contributed by atoms with Crippen LogP contribution in [-0.2, 0) is 19.1 Å². The van der Waals surface area contributed by atoms with Crippen LogP contribution in [0.2, 0.25) is 0 Å². The number of nitrogens with zero attached hydrogens (tertiary/aromatic N) is 1. The summed E-state index contributed by atoms with van der Waals surface area (Å²) in [6.07, 6.45) is 9.30. The molecule has 30 heavy (non-hydrogen) atoms. The van der Waals surface area contributed by atoms with Crippen molar-refractivity contribution >= 4 is 29.5 Å². The van der Waals surface area contributed by atoms with E-state index in [-0.39, 0.29) is 30.1 Å². The van der Waals surface area contributed by atoms with E-state index in [0.717, 1.165) is 5.22 Å². The van der Waals surface area contributed by atoms with Gasteiger partial charge in [-0.1, -0.05) is 24.8 Å². The molecule has 0 radical (unpaired) electrons. The molecule has 0 atom stereocenters. The number of carbonyl (C=O) groups excluding carboxylic acids is 1. The monoisotopic (exact) mass is 411 g/mol. The number of hydrogen-bond acceptors (Lipinski definition) is 6. The number of ether oxygens (including phenoxy) is 2. The molecule has 0 unspecified atom stereocenters. The van der Waals surface area contributed by atoms with Crippen molar-refractivity contribution in [2.45, 2.75) is 19.8 Å². The minimum absolute atomic E-state index is 0.0161. The van der Waals surface area contributed by atoms with Crippen LogP contribution in [0.25, 0.3) is 11.8 Å². The summed E-state index contributed by atoms with van der Waals surface area (Å²) in [5.74, 6) is -0.208. The van der Waals surface area contributed by atoms with Crippen molar-refractivity contribution < 1.29 is 24.2 Å². The lowest BCUT2D eigenvalue weighted by Gasteiger charge is -2.13. The molecule has 1 aromatic rings. The molecule has 0 aromatic carbocycles. The summed E-state index contributed by atoms with van der Waals surface area (Å²) < 4.78 is 11.3. The van der Waals surface area contributed by atoms with Crippen LogP contribution >= 0.6 is 0 Å². The van der Waals surface area contributed by atoms with E-state index < -0.39 is 11.9 Å². The Labute approximate surface area is 174 Å². The zero-order valence-electron chi connectivity index (χ0n) is 17.0. The van der Waals surface area contributed by atoms with Gasteiger partial charge in [-0.05, 0) is 37.6 Å². The number of hydrogen-bond donors (Lipinski definition) is 3. The highest BCUT2D eigenvalue weighted by Crippen LogP contribution is 2.18. The van der Waals surface area contributed by atoms with Crippen LogP contribution in [0.1, 0.15) is 19.8 Å². The highest BCUT2D eigenvalue weighted by Gasteiger charge is 2.13. The van der Waals surface area contributed by atoms with Crippen LogP contribution < -0.4 is 21.6 Å². The van der Waals surface area contributed by atoms with Crippen molar-refractivity contribution in [3.05, 3.63) is 70.7 Å². The van der Waals surface area contributed by atoms with E-state index in [4.69, 9.17) is 20.3 Å². The maximum atomic E-state index is 12.3. The number of nitrogen functional groups attached to an aromatic ring is 1. The fourth-order valence-corrected chi connectivity index (χ4v) is 2.62. The van der Waals surface area contributed by atoms with Crippen molar-refractivity contribution in [3.8, 4) is 0 Å². The number of allylic oxidation sites excluding steroid dienone is 2. The summed E-state index contributed by atoms with van der Waals surface area (Å²) in [5.41, 5.74) is 6.10. The van der Waals surface area contributed by atoms with Gasteiger partial charge in [0.15, 0.2) is 17.3 Å². The Morgan fingerprint density at radius 3 is 2.83 bits per heavy atom. The molecule has 1 heterocycles. The number of pyridine rings is 1. The molecule has 0 saturated heterocycles. The van der Waals surface area contributed by atoms with Gasteiger partial charge in [0, 0.05) is 17.3 Å². The van der Waals surface area contributed by atoms with Crippen LogP contribution in [0.3, 0.4) is 0 Å². The van der Waals surface area contributed by atoms with Crippen LogP contribution in [0.4, 0.5) is 5.82 Å². The molecular weight excluding hydrogens is 386 g/mol. The SMILES string of the molecule is C=C(OC1=c2nc(N)ccc2=CCC=C1)/C(=C\C(=C/C)C(=O)NCCC(=O)O)OC. The summed E-state index contributed by atoms with van der Waals surface area (Å²) in [5, 5.41) is 12.7. The molecule has 0 fully saturated rings. The van der Waals surface area contributed by atoms with E-state index >= 15 is 0 Å². The number of methoxy groups -OCH3 is 1. The van der Waals surface area contributed by atoms with Gasteiger partial charge in [-0.15, -0.1) is 0 Å². The summed E-state index contributed by atoms with van der Waals surface area (Å²) in [6.45, 7) is 5.60. The molecule has 0 saturated carbocycles. The molecular formula is C22H25N3O5. The first kappa shape index (κ1) is 22.5. The average molecular weight is 411 g/mol. The molecule has 1 aliphatic carbocycles. The van der Waals surface area contributed by atoms with Crippen LogP contribution in [0.5, 0.6) is 0 Å². The minimum atomic E-state index is -0.993. The minimum Gasteiger partial charge on any atom is -0.493 e. The Hall–Kier alpha value is -3.81. The Bertz CT molecular complexity index is 1050. The second-order valence-corrected chi connectivity index (χ2v) is 6.26. The number of anilines is 1. The summed E-state index contributed by atoms with van der Waals surface area (Å²) in [7, 11) is 1.43. The number of carbonyl (C=O) groups is 2. The summed E-state index contributed by atoms with van der Waals surface area (Å²) in [4.78, 5) is 27.2. The Kier molecular flexibility index (Phi) is 7.99. The zero-order valence-corrected chi connectivity index (χ0v) is 17.0. The quantitative estimate of drug-likeness (QED) is 0.316. The number of carboxylic acids is 1. The largest absolute Gasteiger partial charge is 0.493 e. The predicted molar refractivity (Wildman–Crippen MR) is 114 cm³/mol. The number of fused-ring (bicyclic) bond motifs is 1. The topological polar surface area (TPSA) is 124 Å². The van der Waals surface area contributed by atoms with E-state index in [1.807, 2.05) is 18.2 Å². The van der Waals surface area contributed by atoms with Crippen LogP contribution in [-0.4, -0.2) is 35.6 Å². The van der Waals surface area contributed by atoms with E-state index in [1.165, 1.54) is 13.2 Å². The molecule has 0 spiro atoms. The fourth-order valence-electron chi connectivity index (χ4n) is 2.62. The predicted octanol–water partition coefficient (Wildman–Crippen LogP) is 1.11. The van der Waals surface area contributed by atoms with Crippen LogP contribution in [0, 0.1) is 0 Å². The number of amides is 1. The van der Waals surface area contributed by atoms with Gasteiger partial charge < -0.3 is 25.6 Å². The molecule has 1 aromatic heterocycles. The molecule has 1 aliphatic rings. The smallest absolute Gasteiger partial charge is 0.305 e. The lowest BCUT2D eigenvalue weighted by atomic mass is 10.2. The number of nitrogens with one attached hydrogen (secondary N) is 1. The van der Waals surface area contributed by atoms with Crippen LogP contribution in [0.15, 0.2) is 60.1 Å². The number of nitrogens with two attached hydrogens (primary N) is 1. The van der Waals surface area contributed by atoms with Gasteiger partial charge in [0.2, 0.25) is 0 Å². The lowest BCUT2D eigenvalue weighted by molar-refractivity contribution is -0.136. The third kappa shape index (κ3) is 6.10. The normalized spacial score (nSPS) is 13.6. The summed E-state index contributed by atoms with van der Waals surface area (Å²) >= 11 is 0. The summed E-state index contributed by atoms with van der Waals surface area (Å²) in [6, 6.07) is 3.58. The van der Waals surface area contributed by atoms with Crippen molar-refractivity contribution in [1.82, 2.24) is 10.3 Å². The Balaban J connectivity index is 2.27. The molecule has 8 nitrogen and oxygen atoms in total. The van der Waals surface area contributed by atoms with Gasteiger partial charge in [0.1, 0.15) is 11.2 Å². The van der Waals surface area contributed by atoms with E-state index in [9.17, 15) is 9.59 Å². The second-order valence-electron chi connectivity index (χ2n) is 6.26.